The first-order valence-electron chi connectivity index (χ1n) is 9.88. The van der Waals surface area contributed by atoms with Crippen LogP contribution in [0.25, 0.3) is 16.9 Å². The molecule has 158 valence electrons. The maximum absolute atomic E-state index is 12.0. The lowest BCUT2D eigenvalue weighted by Crippen LogP contribution is -2.27. The van der Waals surface area contributed by atoms with Crippen LogP contribution in [0, 0.1) is 0 Å². The number of ether oxygens (including phenoxy) is 1. The van der Waals surface area contributed by atoms with E-state index in [1.165, 1.54) is 11.0 Å². The molecule has 0 atom stereocenters. The Morgan fingerprint density at radius 2 is 1.88 bits per heavy atom. The summed E-state index contributed by atoms with van der Waals surface area (Å²) >= 11 is 0. The Hall–Kier alpha value is -4.60. The SMILES string of the molecule is O=C(Cn1cnnn1)NCc1ccc(-c2cnc3c(Oc4ccccc4)nccn23)cc1. The van der Waals surface area contributed by atoms with Gasteiger partial charge in [0.15, 0.2) is 0 Å². The van der Waals surface area contributed by atoms with Gasteiger partial charge in [0.25, 0.3) is 5.88 Å². The largest absolute Gasteiger partial charge is 0.436 e. The number of aromatic nitrogens is 7. The Kier molecular flexibility index (Phi) is 5.23. The van der Waals surface area contributed by atoms with Crippen molar-refractivity contribution in [2.75, 3.05) is 0 Å². The highest BCUT2D eigenvalue weighted by Gasteiger charge is 2.12. The summed E-state index contributed by atoms with van der Waals surface area (Å²) in [7, 11) is 0. The van der Waals surface area contributed by atoms with Crippen LogP contribution in [0.15, 0.2) is 79.5 Å². The summed E-state index contributed by atoms with van der Waals surface area (Å²) in [5, 5.41) is 13.6. The third-order valence-corrected chi connectivity index (χ3v) is 4.79. The number of fused-ring (bicyclic) bond motifs is 1. The van der Waals surface area contributed by atoms with Crippen molar-refractivity contribution in [3.8, 4) is 22.9 Å². The number of imidazole rings is 1. The molecule has 0 saturated heterocycles. The summed E-state index contributed by atoms with van der Waals surface area (Å²) in [5.74, 6) is 0.970. The molecule has 0 saturated carbocycles. The van der Waals surface area contributed by atoms with E-state index in [0.717, 1.165) is 16.8 Å². The van der Waals surface area contributed by atoms with Crippen LogP contribution < -0.4 is 10.1 Å². The number of hydrogen-bond donors (Lipinski definition) is 1. The van der Waals surface area contributed by atoms with Crippen molar-refractivity contribution < 1.29 is 9.53 Å². The van der Waals surface area contributed by atoms with Crippen molar-refractivity contribution in [3.05, 3.63) is 85.1 Å². The van der Waals surface area contributed by atoms with E-state index in [9.17, 15) is 4.79 Å². The quantitative estimate of drug-likeness (QED) is 0.425. The average Bonchev–Trinajstić information content (AvgIpc) is 3.49. The van der Waals surface area contributed by atoms with E-state index in [1.807, 2.05) is 65.2 Å². The lowest BCUT2D eigenvalue weighted by Gasteiger charge is -2.08. The number of nitrogens with zero attached hydrogens (tertiary/aromatic N) is 7. The first kappa shape index (κ1) is 19.4. The topological polar surface area (TPSA) is 112 Å². The highest BCUT2D eigenvalue weighted by molar-refractivity contribution is 5.75. The molecule has 1 N–H and O–H groups in total. The van der Waals surface area contributed by atoms with Crippen LogP contribution in [0.2, 0.25) is 0 Å². The number of amides is 1. The lowest BCUT2D eigenvalue weighted by atomic mass is 10.1. The summed E-state index contributed by atoms with van der Waals surface area (Å²) in [6, 6.07) is 17.4. The van der Waals surface area contributed by atoms with Gasteiger partial charge in [-0.15, -0.1) is 5.10 Å². The molecule has 3 heterocycles. The Morgan fingerprint density at radius 1 is 1.03 bits per heavy atom. The standard InChI is InChI=1S/C22H18N8O2/c31-20(14-29-15-26-27-28-29)24-12-16-6-8-17(9-7-16)19-13-25-21-22(23-10-11-30(19)21)32-18-4-2-1-3-5-18/h1-11,13,15H,12,14H2,(H,24,31). The molecule has 10 heteroatoms. The number of carbonyl (C=O) groups excluding carboxylic acids is 1. The first-order valence-corrected chi connectivity index (χ1v) is 9.88. The third kappa shape index (κ3) is 4.15. The number of tetrazole rings is 1. The highest BCUT2D eigenvalue weighted by Crippen LogP contribution is 2.27. The minimum atomic E-state index is -0.165. The molecule has 32 heavy (non-hydrogen) atoms. The maximum Gasteiger partial charge on any atom is 0.263 e. The maximum atomic E-state index is 12.0. The molecule has 10 nitrogen and oxygen atoms in total. The van der Waals surface area contributed by atoms with Gasteiger partial charge >= 0.3 is 0 Å². The van der Waals surface area contributed by atoms with Crippen molar-refractivity contribution in [2.24, 2.45) is 0 Å². The van der Waals surface area contributed by atoms with Crippen LogP contribution in [0.1, 0.15) is 5.56 Å². The van der Waals surface area contributed by atoms with E-state index in [2.05, 4.69) is 30.8 Å². The molecule has 3 aromatic heterocycles. The molecule has 0 aliphatic carbocycles. The van der Waals surface area contributed by atoms with Gasteiger partial charge in [-0.1, -0.05) is 42.5 Å². The minimum Gasteiger partial charge on any atom is -0.436 e. The van der Waals surface area contributed by atoms with Crippen LogP contribution >= 0.6 is 0 Å². The molecule has 0 fully saturated rings. The van der Waals surface area contributed by atoms with Crippen molar-refractivity contribution in [3.63, 3.8) is 0 Å². The van der Waals surface area contributed by atoms with E-state index >= 15 is 0 Å². The minimum absolute atomic E-state index is 0.0777. The molecule has 0 aliphatic rings. The Morgan fingerprint density at radius 3 is 2.66 bits per heavy atom. The van der Waals surface area contributed by atoms with E-state index in [1.54, 1.807) is 12.4 Å². The van der Waals surface area contributed by atoms with Gasteiger partial charge in [0.1, 0.15) is 18.6 Å². The lowest BCUT2D eigenvalue weighted by molar-refractivity contribution is -0.122. The summed E-state index contributed by atoms with van der Waals surface area (Å²) in [6.45, 7) is 0.488. The second-order valence-corrected chi connectivity index (χ2v) is 6.97. The van der Waals surface area contributed by atoms with Crippen LogP contribution in [0.3, 0.4) is 0 Å². The van der Waals surface area contributed by atoms with Crippen LogP contribution in [0.4, 0.5) is 0 Å². The Balaban J connectivity index is 1.30. The zero-order chi connectivity index (χ0) is 21.8. The van der Waals surface area contributed by atoms with Gasteiger partial charge in [0, 0.05) is 24.5 Å². The van der Waals surface area contributed by atoms with Gasteiger partial charge in [0.05, 0.1) is 11.9 Å². The second kappa shape index (κ2) is 8.64. The highest BCUT2D eigenvalue weighted by atomic mass is 16.5. The number of hydrogen-bond acceptors (Lipinski definition) is 7. The molecule has 0 bridgehead atoms. The monoisotopic (exact) mass is 426 g/mol. The molecule has 2 aromatic carbocycles. The Bertz CT molecular complexity index is 1330. The first-order chi connectivity index (χ1) is 15.8. The van der Waals surface area contributed by atoms with Crippen LogP contribution in [-0.2, 0) is 17.9 Å². The molecular formula is C22H18N8O2. The summed E-state index contributed by atoms with van der Waals surface area (Å²) in [5.41, 5.74) is 3.50. The van der Waals surface area contributed by atoms with Crippen molar-refractivity contribution in [1.29, 1.82) is 0 Å². The van der Waals surface area contributed by atoms with Crippen molar-refractivity contribution in [1.82, 2.24) is 39.9 Å². The fraction of sp³-hybridized carbons (Fsp3) is 0.0909. The number of benzene rings is 2. The number of rotatable bonds is 7. The molecule has 0 aliphatic heterocycles. The fourth-order valence-corrected chi connectivity index (χ4v) is 3.23. The molecule has 1 amide bonds. The molecule has 5 aromatic rings. The number of carbonyl (C=O) groups is 1. The van der Waals surface area contributed by atoms with Crippen LogP contribution in [0.5, 0.6) is 11.6 Å². The zero-order valence-corrected chi connectivity index (χ0v) is 16.9. The third-order valence-electron chi connectivity index (χ3n) is 4.79. The van der Waals surface area contributed by atoms with E-state index in [0.29, 0.717) is 23.8 Å². The van der Waals surface area contributed by atoms with Crippen LogP contribution in [-0.4, -0.2) is 40.5 Å². The predicted octanol–water partition coefficient (Wildman–Crippen LogP) is 2.49. The molecule has 0 spiro atoms. The fourth-order valence-electron chi connectivity index (χ4n) is 3.23. The molecule has 0 unspecified atom stereocenters. The summed E-state index contributed by atoms with van der Waals surface area (Å²) < 4.78 is 9.21. The normalized spacial score (nSPS) is 10.9. The molecule has 0 radical (unpaired) electrons. The van der Waals surface area contributed by atoms with Gasteiger partial charge in [-0.05, 0) is 28.1 Å². The molecule has 5 rings (SSSR count). The number of nitrogens with one attached hydrogen (secondary N) is 1. The van der Waals surface area contributed by atoms with E-state index in [-0.39, 0.29) is 12.5 Å². The van der Waals surface area contributed by atoms with E-state index < -0.39 is 0 Å². The predicted molar refractivity (Wildman–Crippen MR) is 115 cm³/mol. The zero-order valence-electron chi connectivity index (χ0n) is 16.9. The van der Waals surface area contributed by atoms with Gasteiger partial charge in [-0.3, -0.25) is 9.20 Å². The van der Waals surface area contributed by atoms with Crippen molar-refractivity contribution in [2.45, 2.75) is 13.1 Å². The summed E-state index contributed by atoms with van der Waals surface area (Å²) in [6.07, 6.45) is 6.72. The Labute approximate surface area is 182 Å². The van der Waals surface area contributed by atoms with Gasteiger partial charge < -0.3 is 10.1 Å². The second-order valence-electron chi connectivity index (χ2n) is 6.97. The smallest absolute Gasteiger partial charge is 0.263 e. The van der Waals surface area contributed by atoms with Crippen molar-refractivity contribution >= 4 is 11.6 Å². The molecular weight excluding hydrogens is 408 g/mol. The summed E-state index contributed by atoms with van der Waals surface area (Å²) in [4.78, 5) is 20.8. The van der Waals surface area contributed by atoms with E-state index in [4.69, 9.17) is 4.74 Å². The van der Waals surface area contributed by atoms with Gasteiger partial charge in [-0.2, -0.15) is 0 Å². The van der Waals surface area contributed by atoms with Gasteiger partial charge in [-0.25, -0.2) is 14.6 Å². The number of para-hydroxylation sites is 1. The average molecular weight is 426 g/mol. The van der Waals surface area contributed by atoms with Gasteiger partial charge in [0.2, 0.25) is 11.6 Å².